The number of rotatable bonds is 15. The van der Waals surface area contributed by atoms with Crippen molar-refractivity contribution in [2.75, 3.05) is 34.5 Å². The Hall–Kier alpha value is -1.76. The summed E-state index contributed by atoms with van der Waals surface area (Å²) in [6, 6.07) is 10.2. The molecule has 0 radical (unpaired) electrons. The largest absolute Gasteiger partial charge is 0.502 e. The van der Waals surface area contributed by atoms with Crippen LogP contribution in [0.5, 0.6) is 11.5 Å². The zero-order valence-electron chi connectivity index (χ0n) is 19.0. The van der Waals surface area contributed by atoms with Crippen molar-refractivity contribution in [2.45, 2.75) is 26.2 Å². The second-order valence-corrected chi connectivity index (χ2v) is 11.9. The van der Waals surface area contributed by atoms with Gasteiger partial charge in [-0.15, -0.1) is 0 Å². The maximum absolute atomic E-state index is 10.8. The normalized spacial score (nSPS) is 10.4. The molecule has 0 atom stereocenters. The molecule has 0 unspecified atom stereocenters. The minimum absolute atomic E-state index is 0.203. The fourth-order valence-electron chi connectivity index (χ4n) is 2.52. The predicted molar refractivity (Wildman–Crippen MR) is 148 cm³/mol. The van der Waals surface area contributed by atoms with Crippen molar-refractivity contribution in [3.63, 3.8) is 0 Å². The van der Waals surface area contributed by atoms with E-state index in [4.69, 9.17) is 5.11 Å². The first-order chi connectivity index (χ1) is 16.4. The summed E-state index contributed by atoms with van der Waals surface area (Å²) in [5.41, 5.74) is 0.447. The maximum atomic E-state index is 10.8. The number of aryl methyl sites for hydroxylation is 1. The molecule has 188 valence electrons. The highest BCUT2D eigenvalue weighted by molar-refractivity contribution is 8.76. The minimum atomic E-state index is -0.630. The van der Waals surface area contributed by atoms with Crippen LogP contribution in [0.3, 0.4) is 0 Å². The molecule has 0 aliphatic carbocycles. The number of nitro groups is 2. The van der Waals surface area contributed by atoms with Crippen LogP contribution in [0.2, 0.25) is 0 Å². The number of phenolic OH excluding ortho intramolecular Hbond substituents is 2. The Morgan fingerprint density at radius 2 is 1.35 bits per heavy atom. The van der Waals surface area contributed by atoms with E-state index in [0.717, 1.165) is 29.9 Å². The maximum Gasteiger partial charge on any atom is 0.310 e. The summed E-state index contributed by atoms with van der Waals surface area (Å²) in [5.74, 6) is 6.55. The number of aromatic hydroxyl groups is 2. The summed E-state index contributed by atoms with van der Waals surface area (Å²) in [6.07, 6.45) is 3.07. The summed E-state index contributed by atoms with van der Waals surface area (Å²) in [5, 5.41) is 39.1. The second kappa shape index (κ2) is 18.6. The van der Waals surface area contributed by atoms with Gasteiger partial charge in [-0.05, 0) is 48.5 Å². The van der Waals surface area contributed by atoms with Crippen molar-refractivity contribution in [1.82, 2.24) is 0 Å². The van der Waals surface area contributed by atoms with Crippen molar-refractivity contribution in [1.29, 1.82) is 0 Å². The number of benzene rings is 2. The van der Waals surface area contributed by atoms with Gasteiger partial charge < -0.3 is 10.2 Å². The van der Waals surface area contributed by atoms with Gasteiger partial charge in [-0.2, -0.15) is 23.5 Å². The third-order valence-electron chi connectivity index (χ3n) is 4.12. The highest BCUT2D eigenvalue weighted by Gasteiger charge is 2.13. The molecule has 0 saturated heterocycles. The second-order valence-electron chi connectivity index (χ2n) is 6.80. The fraction of sp³-hybridized carbons (Fsp3) is 0.455. The average molecular weight is 547 g/mol. The zero-order chi connectivity index (χ0) is 25.2. The molecule has 8 nitrogen and oxygen atoms in total. The molecule has 0 saturated carbocycles. The third kappa shape index (κ3) is 13.2. The Bertz CT molecular complexity index is 888. The lowest BCUT2D eigenvalue weighted by molar-refractivity contribution is -0.386. The first kappa shape index (κ1) is 30.3. The monoisotopic (exact) mass is 546 g/mol. The van der Waals surface area contributed by atoms with Gasteiger partial charge in [0.1, 0.15) is 0 Å². The Morgan fingerprint density at radius 1 is 0.765 bits per heavy atom. The van der Waals surface area contributed by atoms with Gasteiger partial charge in [0.05, 0.1) is 9.85 Å². The van der Waals surface area contributed by atoms with Gasteiger partial charge >= 0.3 is 11.4 Å². The highest BCUT2D eigenvalue weighted by Crippen LogP contribution is 2.27. The van der Waals surface area contributed by atoms with Gasteiger partial charge in [0.25, 0.3) is 0 Å². The predicted octanol–water partition coefficient (Wildman–Crippen LogP) is 6.79. The van der Waals surface area contributed by atoms with Gasteiger partial charge in [0.15, 0.2) is 11.5 Å². The fourth-order valence-corrected chi connectivity index (χ4v) is 7.22. The molecule has 0 aromatic heterocycles. The third-order valence-corrected chi connectivity index (χ3v) is 9.31. The smallest absolute Gasteiger partial charge is 0.310 e. The zero-order valence-corrected chi connectivity index (χ0v) is 22.2. The van der Waals surface area contributed by atoms with Crippen LogP contribution in [0.25, 0.3) is 0 Å². The molecule has 0 bridgehead atoms. The molecule has 34 heavy (non-hydrogen) atoms. The number of phenols is 2. The lowest BCUT2D eigenvalue weighted by atomic mass is 10.1. The van der Waals surface area contributed by atoms with Gasteiger partial charge in [-0.25, -0.2) is 0 Å². The minimum Gasteiger partial charge on any atom is -0.502 e. The van der Waals surface area contributed by atoms with E-state index in [1.54, 1.807) is 6.07 Å². The van der Waals surface area contributed by atoms with Crippen LogP contribution in [0, 0.1) is 20.2 Å². The van der Waals surface area contributed by atoms with E-state index in [2.05, 4.69) is 6.92 Å². The van der Waals surface area contributed by atoms with Crippen LogP contribution in [0.4, 0.5) is 11.4 Å². The number of thioether (sulfide) groups is 2. The van der Waals surface area contributed by atoms with Crippen molar-refractivity contribution in [3.05, 3.63) is 68.3 Å². The Kier molecular flexibility index (Phi) is 16.5. The van der Waals surface area contributed by atoms with E-state index >= 15 is 0 Å². The van der Waals surface area contributed by atoms with E-state index in [9.17, 15) is 25.3 Å². The number of hydrogen-bond donors (Lipinski definition) is 2. The number of para-hydroxylation sites is 2. The van der Waals surface area contributed by atoms with Gasteiger partial charge in [-0.1, -0.05) is 46.7 Å². The first-order valence-electron chi connectivity index (χ1n) is 10.6. The van der Waals surface area contributed by atoms with E-state index in [0.29, 0.717) is 0 Å². The van der Waals surface area contributed by atoms with E-state index in [-0.39, 0.29) is 22.9 Å². The van der Waals surface area contributed by atoms with Crippen LogP contribution in [-0.4, -0.2) is 54.6 Å². The molecular formula is C22H30N2O6S4. The van der Waals surface area contributed by atoms with Gasteiger partial charge in [-0.3, -0.25) is 20.2 Å². The van der Waals surface area contributed by atoms with Crippen molar-refractivity contribution in [3.8, 4) is 11.5 Å². The molecule has 2 aromatic carbocycles. The molecule has 0 heterocycles. The topological polar surface area (TPSA) is 127 Å². The van der Waals surface area contributed by atoms with E-state index < -0.39 is 9.85 Å². The standard InChI is InChI=1S/C16H25NO3S4.C6H5NO3/c1-2-7-21-9-11-23-24-12-10-22-8-3-4-14-5-6-16(18)15(13-14)17(19)20;8-6-4-2-1-3-5(6)7(9)10/h5-6,13,18H,2-4,7-12H2,1H3;1-4,8H. The van der Waals surface area contributed by atoms with Crippen LogP contribution in [0.1, 0.15) is 25.3 Å². The molecule has 2 rings (SSSR count). The summed E-state index contributed by atoms with van der Waals surface area (Å²) in [6.45, 7) is 2.22. The van der Waals surface area contributed by atoms with Crippen molar-refractivity contribution in [2.24, 2.45) is 0 Å². The van der Waals surface area contributed by atoms with Gasteiger partial charge in [0, 0.05) is 35.1 Å². The Labute approximate surface area is 216 Å². The number of nitro benzene ring substituents is 2. The van der Waals surface area contributed by atoms with Crippen molar-refractivity contribution >= 4 is 56.5 Å². The van der Waals surface area contributed by atoms with Crippen LogP contribution >= 0.6 is 45.1 Å². The van der Waals surface area contributed by atoms with E-state index in [1.807, 2.05) is 45.1 Å². The molecule has 0 fully saturated rings. The van der Waals surface area contributed by atoms with Crippen molar-refractivity contribution < 1.29 is 20.1 Å². The summed E-state index contributed by atoms with van der Waals surface area (Å²) >= 11 is 3.97. The SMILES string of the molecule is CCCSCCSSCCSCCCc1ccc(O)c([N+](=O)[O-])c1.O=[N+]([O-])c1ccccc1O. The Morgan fingerprint density at radius 3 is 1.91 bits per heavy atom. The molecule has 0 aliphatic rings. The molecule has 0 amide bonds. The van der Waals surface area contributed by atoms with E-state index in [1.165, 1.54) is 65.8 Å². The molecule has 12 heteroatoms. The molecule has 2 aromatic rings. The Balaban J connectivity index is 0.000000479. The van der Waals surface area contributed by atoms with Crippen LogP contribution < -0.4 is 0 Å². The summed E-state index contributed by atoms with van der Waals surface area (Å²) in [7, 11) is 3.92. The first-order valence-corrected chi connectivity index (χ1v) is 15.4. The lowest BCUT2D eigenvalue weighted by Gasteiger charge is -2.04. The summed E-state index contributed by atoms with van der Waals surface area (Å²) in [4.78, 5) is 19.7. The van der Waals surface area contributed by atoms with Gasteiger partial charge in [0.2, 0.25) is 0 Å². The lowest BCUT2D eigenvalue weighted by Crippen LogP contribution is -1.93. The summed E-state index contributed by atoms with van der Waals surface area (Å²) < 4.78 is 0. The quantitative estimate of drug-likeness (QED) is 0.107. The number of nitrogens with zero attached hydrogens (tertiary/aromatic N) is 2. The average Bonchev–Trinajstić information content (AvgIpc) is 2.81. The highest BCUT2D eigenvalue weighted by atomic mass is 33.1. The molecular weight excluding hydrogens is 517 g/mol. The number of hydrogen-bond acceptors (Lipinski definition) is 10. The van der Waals surface area contributed by atoms with Crippen LogP contribution in [-0.2, 0) is 6.42 Å². The molecule has 0 spiro atoms. The van der Waals surface area contributed by atoms with Crippen LogP contribution in [0.15, 0.2) is 42.5 Å². The molecule has 0 aliphatic heterocycles. The molecule has 2 N–H and O–H groups in total.